The molecule has 1 aromatic heterocycles. The molecule has 1 heterocycles. The first-order valence-electron chi connectivity index (χ1n) is 4.29. The molecular weight excluding hydrogens is 309 g/mol. The fourth-order valence-electron chi connectivity index (χ4n) is 1.28. The van der Waals surface area contributed by atoms with Crippen LogP contribution in [0.4, 0.5) is 0 Å². The molecule has 3 nitrogen and oxygen atoms in total. The van der Waals surface area contributed by atoms with Crippen molar-refractivity contribution >= 4 is 45.4 Å². The molecule has 0 saturated heterocycles. The van der Waals surface area contributed by atoms with E-state index in [-0.39, 0.29) is 0 Å². The lowest BCUT2D eigenvalue weighted by Gasteiger charge is -1.99. The van der Waals surface area contributed by atoms with Gasteiger partial charge in [-0.05, 0) is 47.0 Å². The number of halogens is 1. The summed E-state index contributed by atoms with van der Waals surface area (Å²) in [4.78, 5) is 0. The van der Waals surface area contributed by atoms with E-state index in [1.54, 1.807) is 0 Å². The summed E-state index contributed by atoms with van der Waals surface area (Å²) in [5.41, 5.74) is 2.11. The van der Waals surface area contributed by atoms with Crippen LogP contribution < -0.4 is 0 Å². The standard InChI is InChI=1S/C9H10IN3S/c1-14-5-4-13-9-6-7(10)2-3-8(9)11-12-13/h2-3,6H,4-5H2,1H3. The van der Waals surface area contributed by atoms with Gasteiger partial charge in [0.15, 0.2) is 0 Å². The number of aromatic nitrogens is 3. The van der Waals surface area contributed by atoms with Gasteiger partial charge in [-0.25, -0.2) is 4.68 Å². The van der Waals surface area contributed by atoms with Crippen LogP contribution in [-0.2, 0) is 6.54 Å². The van der Waals surface area contributed by atoms with Crippen molar-refractivity contribution in [2.24, 2.45) is 0 Å². The van der Waals surface area contributed by atoms with E-state index in [1.165, 1.54) is 3.57 Å². The van der Waals surface area contributed by atoms with Crippen molar-refractivity contribution in [3.63, 3.8) is 0 Å². The van der Waals surface area contributed by atoms with Crippen LogP contribution in [0.5, 0.6) is 0 Å². The van der Waals surface area contributed by atoms with Crippen molar-refractivity contribution in [3.05, 3.63) is 21.8 Å². The molecule has 0 saturated carbocycles. The number of thioether (sulfide) groups is 1. The fraction of sp³-hybridized carbons (Fsp3) is 0.333. The minimum Gasteiger partial charge on any atom is -0.244 e. The highest BCUT2D eigenvalue weighted by atomic mass is 127. The van der Waals surface area contributed by atoms with Gasteiger partial charge in [-0.2, -0.15) is 11.8 Å². The third-order valence-electron chi connectivity index (χ3n) is 1.98. The molecule has 0 unspecified atom stereocenters. The summed E-state index contributed by atoms with van der Waals surface area (Å²) in [7, 11) is 0. The van der Waals surface area contributed by atoms with Crippen LogP contribution in [0.15, 0.2) is 18.2 Å². The summed E-state index contributed by atoms with van der Waals surface area (Å²) in [6.45, 7) is 0.928. The zero-order valence-corrected chi connectivity index (χ0v) is 10.7. The van der Waals surface area contributed by atoms with Gasteiger partial charge in [0.2, 0.25) is 0 Å². The van der Waals surface area contributed by atoms with Gasteiger partial charge in [0.25, 0.3) is 0 Å². The van der Waals surface area contributed by atoms with Gasteiger partial charge in [0.05, 0.1) is 12.1 Å². The highest BCUT2D eigenvalue weighted by Gasteiger charge is 2.03. The van der Waals surface area contributed by atoms with Gasteiger partial charge >= 0.3 is 0 Å². The van der Waals surface area contributed by atoms with Crippen molar-refractivity contribution in [2.45, 2.75) is 6.54 Å². The Morgan fingerprint density at radius 1 is 1.50 bits per heavy atom. The average molecular weight is 319 g/mol. The average Bonchev–Trinajstić information content (AvgIpc) is 2.57. The van der Waals surface area contributed by atoms with Crippen LogP contribution in [0.2, 0.25) is 0 Å². The van der Waals surface area contributed by atoms with Gasteiger partial charge in [0, 0.05) is 9.32 Å². The van der Waals surface area contributed by atoms with Crippen molar-refractivity contribution in [2.75, 3.05) is 12.0 Å². The first-order chi connectivity index (χ1) is 6.81. The minimum atomic E-state index is 0.928. The van der Waals surface area contributed by atoms with Crippen LogP contribution in [-0.4, -0.2) is 27.0 Å². The van der Waals surface area contributed by atoms with E-state index in [1.807, 2.05) is 22.5 Å². The first kappa shape index (κ1) is 10.2. The van der Waals surface area contributed by atoms with Crippen LogP contribution in [0, 0.1) is 3.57 Å². The Hall–Kier alpha value is -0.300. The molecule has 0 fully saturated rings. The van der Waals surface area contributed by atoms with Gasteiger partial charge in [0.1, 0.15) is 5.52 Å². The maximum absolute atomic E-state index is 4.12. The van der Waals surface area contributed by atoms with Gasteiger partial charge < -0.3 is 0 Å². The molecule has 0 radical (unpaired) electrons. The van der Waals surface area contributed by atoms with Crippen LogP contribution in [0.3, 0.4) is 0 Å². The van der Waals surface area contributed by atoms with Crippen LogP contribution in [0.25, 0.3) is 11.0 Å². The van der Waals surface area contributed by atoms with Gasteiger partial charge in [-0.3, -0.25) is 0 Å². The molecule has 2 aromatic rings. The SMILES string of the molecule is CSCCn1nnc2ccc(I)cc21. The summed E-state index contributed by atoms with van der Waals surface area (Å²) in [6.07, 6.45) is 2.10. The topological polar surface area (TPSA) is 30.7 Å². The Kier molecular flexibility index (Phi) is 3.27. The van der Waals surface area contributed by atoms with E-state index in [0.29, 0.717) is 0 Å². The van der Waals surface area contributed by atoms with Crippen LogP contribution in [0.1, 0.15) is 0 Å². The molecule has 0 amide bonds. The molecule has 0 spiro atoms. The number of rotatable bonds is 3. The summed E-state index contributed by atoms with van der Waals surface area (Å²) in [5, 5.41) is 8.24. The lowest BCUT2D eigenvalue weighted by Crippen LogP contribution is -2.02. The smallest absolute Gasteiger partial charge is 0.113 e. The van der Waals surface area contributed by atoms with Crippen molar-refractivity contribution < 1.29 is 0 Å². The minimum absolute atomic E-state index is 0.928. The monoisotopic (exact) mass is 319 g/mol. The lowest BCUT2D eigenvalue weighted by atomic mass is 10.3. The van der Waals surface area contributed by atoms with E-state index in [0.717, 1.165) is 23.3 Å². The maximum atomic E-state index is 4.12. The molecule has 0 aliphatic heterocycles. The largest absolute Gasteiger partial charge is 0.244 e. The highest BCUT2D eigenvalue weighted by molar-refractivity contribution is 14.1. The number of fused-ring (bicyclic) bond motifs is 1. The van der Waals surface area contributed by atoms with Crippen molar-refractivity contribution in [1.82, 2.24) is 15.0 Å². The Balaban J connectivity index is 2.40. The second-order valence-corrected chi connectivity index (χ2v) is 5.17. The summed E-state index contributed by atoms with van der Waals surface area (Å²) in [6, 6.07) is 6.19. The predicted molar refractivity (Wildman–Crippen MR) is 68.6 cm³/mol. The van der Waals surface area contributed by atoms with Gasteiger partial charge in [-0.15, -0.1) is 5.10 Å². The molecular formula is C9H10IN3S. The third-order valence-corrected chi connectivity index (χ3v) is 3.24. The summed E-state index contributed by atoms with van der Waals surface area (Å²) in [5.74, 6) is 1.07. The predicted octanol–water partition coefficient (Wildman–Crippen LogP) is 2.40. The number of aryl methyl sites for hydroxylation is 1. The Morgan fingerprint density at radius 3 is 3.14 bits per heavy atom. The quantitative estimate of drug-likeness (QED) is 0.814. The van der Waals surface area contributed by atoms with Gasteiger partial charge in [-0.1, -0.05) is 5.21 Å². The molecule has 1 aromatic carbocycles. The summed E-state index contributed by atoms with van der Waals surface area (Å²) < 4.78 is 3.19. The lowest BCUT2D eigenvalue weighted by molar-refractivity contribution is 0.652. The number of benzene rings is 1. The normalized spacial score (nSPS) is 11.0. The Labute approximate surface area is 100 Å². The first-order valence-corrected chi connectivity index (χ1v) is 6.76. The molecule has 0 aliphatic rings. The van der Waals surface area contributed by atoms with E-state index in [2.05, 4.69) is 51.3 Å². The molecule has 0 N–H and O–H groups in total. The Bertz CT molecular complexity index is 441. The molecule has 0 bridgehead atoms. The Morgan fingerprint density at radius 2 is 2.36 bits per heavy atom. The number of hydrogen-bond donors (Lipinski definition) is 0. The highest BCUT2D eigenvalue weighted by Crippen LogP contribution is 2.15. The van der Waals surface area contributed by atoms with Crippen LogP contribution >= 0.6 is 34.4 Å². The number of nitrogens with zero attached hydrogens (tertiary/aromatic N) is 3. The molecule has 5 heteroatoms. The molecule has 0 aliphatic carbocycles. The van der Waals surface area contributed by atoms with Crippen molar-refractivity contribution in [1.29, 1.82) is 0 Å². The summed E-state index contributed by atoms with van der Waals surface area (Å²) >= 11 is 4.13. The van der Waals surface area contributed by atoms with E-state index >= 15 is 0 Å². The zero-order chi connectivity index (χ0) is 9.97. The third kappa shape index (κ3) is 2.03. The molecule has 2 rings (SSSR count). The molecule has 0 atom stereocenters. The maximum Gasteiger partial charge on any atom is 0.113 e. The fourth-order valence-corrected chi connectivity index (χ4v) is 2.11. The second kappa shape index (κ2) is 4.48. The zero-order valence-electron chi connectivity index (χ0n) is 7.77. The molecule has 14 heavy (non-hydrogen) atoms. The molecule has 74 valence electrons. The van der Waals surface area contributed by atoms with Crippen molar-refractivity contribution in [3.8, 4) is 0 Å². The number of hydrogen-bond acceptors (Lipinski definition) is 3. The van der Waals surface area contributed by atoms with E-state index in [4.69, 9.17) is 0 Å². The second-order valence-electron chi connectivity index (χ2n) is 2.94. The van der Waals surface area contributed by atoms with E-state index in [9.17, 15) is 0 Å². The van der Waals surface area contributed by atoms with E-state index < -0.39 is 0 Å².